The number of guanidine groups is 1. The second-order valence-electron chi connectivity index (χ2n) is 5.40. The van der Waals surface area contributed by atoms with Crippen LogP contribution in [0, 0.1) is 0 Å². The maximum atomic E-state index is 5.62. The molecular weight excluding hydrogens is 290 g/mol. The Bertz CT molecular complexity index is 547. The maximum Gasteiger partial charge on any atom is 0.191 e. The van der Waals surface area contributed by atoms with Crippen LogP contribution < -0.4 is 20.1 Å². The first-order chi connectivity index (χ1) is 11.3. The van der Waals surface area contributed by atoms with Crippen molar-refractivity contribution in [2.75, 3.05) is 20.3 Å². The van der Waals surface area contributed by atoms with Crippen LogP contribution in [0.2, 0.25) is 0 Å². The Morgan fingerprint density at radius 1 is 1.22 bits per heavy atom. The third-order valence-corrected chi connectivity index (χ3v) is 3.64. The maximum absolute atomic E-state index is 5.62. The van der Waals surface area contributed by atoms with E-state index in [1.807, 2.05) is 25.1 Å². The van der Waals surface area contributed by atoms with Gasteiger partial charge in [-0.2, -0.15) is 0 Å². The number of aliphatic imine (C=N–C) groups is 1. The molecular formula is C18H27N3O2. The molecule has 126 valence electrons. The second kappa shape index (κ2) is 9.08. The molecule has 0 aliphatic heterocycles. The molecule has 0 unspecified atom stereocenters. The Labute approximate surface area is 138 Å². The Kier molecular flexibility index (Phi) is 6.78. The van der Waals surface area contributed by atoms with Crippen LogP contribution in [0.3, 0.4) is 0 Å². The van der Waals surface area contributed by atoms with E-state index in [4.69, 9.17) is 9.47 Å². The Morgan fingerprint density at radius 3 is 2.65 bits per heavy atom. The molecule has 0 radical (unpaired) electrons. The van der Waals surface area contributed by atoms with Crippen molar-refractivity contribution < 1.29 is 9.47 Å². The van der Waals surface area contributed by atoms with Crippen molar-refractivity contribution in [1.29, 1.82) is 0 Å². The molecule has 0 heterocycles. The molecule has 0 fully saturated rings. The summed E-state index contributed by atoms with van der Waals surface area (Å²) in [7, 11) is 1.65. The molecule has 0 atom stereocenters. The highest BCUT2D eigenvalue weighted by atomic mass is 16.5. The molecule has 0 aromatic heterocycles. The first kappa shape index (κ1) is 17.2. The van der Waals surface area contributed by atoms with Gasteiger partial charge in [0, 0.05) is 12.6 Å². The largest absolute Gasteiger partial charge is 0.493 e. The molecule has 1 aromatic carbocycles. The van der Waals surface area contributed by atoms with Crippen molar-refractivity contribution in [1.82, 2.24) is 10.6 Å². The average Bonchev–Trinajstić information content (AvgIpc) is 3.06. The van der Waals surface area contributed by atoms with E-state index in [1.54, 1.807) is 7.11 Å². The van der Waals surface area contributed by atoms with Gasteiger partial charge in [0.05, 0.1) is 20.3 Å². The van der Waals surface area contributed by atoms with Crippen molar-refractivity contribution in [2.45, 2.75) is 39.3 Å². The molecule has 2 N–H and O–H groups in total. The summed E-state index contributed by atoms with van der Waals surface area (Å²) in [5, 5.41) is 6.77. The lowest BCUT2D eigenvalue weighted by molar-refractivity contribution is 0.310. The molecule has 23 heavy (non-hydrogen) atoms. The van der Waals surface area contributed by atoms with Gasteiger partial charge in [-0.05, 0) is 44.4 Å². The summed E-state index contributed by atoms with van der Waals surface area (Å²) in [6.45, 7) is 6.10. The van der Waals surface area contributed by atoms with E-state index in [0.717, 1.165) is 42.4 Å². The van der Waals surface area contributed by atoms with Crippen LogP contribution in [0.1, 0.15) is 32.3 Å². The number of ether oxygens (including phenoxy) is 2. The van der Waals surface area contributed by atoms with Crippen LogP contribution >= 0.6 is 0 Å². The smallest absolute Gasteiger partial charge is 0.191 e. The molecule has 0 saturated carbocycles. The Balaban J connectivity index is 2.03. The fourth-order valence-corrected chi connectivity index (χ4v) is 2.51. The number of hydrogen-bond donors (Lipinski definition) is 2. The van der Waals surface area contributed by atoms with Crippen LogP contribution in [-0.2, 0) is 6.54 Å². The first-order valence-electron chi connectivity index (χ1n) is 8.26. The molecule has 2 rings (SSSR count). The number of nitrogens with zero attached hydrogens (tertiary/aromatic N) is 1. The summed E-state index contributed by atoms with van der Waals surface area (Å²) in [4.78, 5) is 4.67. The van der Waals surface area contributed by atoms with Crippen molar-refractivity contribution in [3.63, 3.8) is 0 Å². The minimum Gasteiger partial charge on any atom is -0.493 e. The molecule has 5 nitrogen and oxygen atoms in total. The van der Waals surface area contributed by atoms with E-state index < -0.39 is 0 Å². The molecule has 1 aliphatic carbocycles. The van der Waals surface area contributed by atoms with Gasteiger partial charge in [0.15, 0.2) is 17.5 Å². The number of benzene rings is 1. The van der Waals surface area contributed by atoms with Gasteiger partial charge in [-0.3, -0.25) is 0 Å². The van der Waals surface area contributed by atoms with Gasteiger partial charge in [-0.1, -0.05) is 18.2 Å². The van der Waals surface area contributed by atoms with Gasteiger partial charge in [-0.25, -0.2) is 4.99 Å². The van der Waals surface area contributed by atoms with Gasteiger partial charge < -0.3 is 20.1 Å². The second-order valence-corrected chi connectivity index (χ2v) is 5.40. The highest BCUT2D eigenvalue weighted by molar-refractivity contribution is 5.80. The van der Waals surface area contributed by atoms with Gasteiger partial charge in [0.2, 0.25) is 0 Å². The first-order valence-corrected chi connectivity index (χ1v) is 8.26. The molecule has 0 spiro atoms. The summed E-state index contributed by atoms with van der Waals surface area (Å²) in [5.74, 6) is 2.37. The van der Waals surface area contributed by atoms with Crippen molar-refractivity contribution in [2.24, 2.45) is 4.99 Å². The fraction of sp³-hybridized carbons (Fsp3) is 0.500. The third-order valence-electron chi connectivity index (χ3n) is 3.64. The number of nitrogens with one attached hydrogen (secondary N) is 2. The van der Waals surface area contributed by atoms with Gasteiger partial charge in [0.25, 0.3) is 0 Å². The molecule has 0 saturated heterocycles. The average molecular weight is 317 g/mol. The van der Waals surface area contributed by atoms with E-state index in [1.165, 1.54) is 0 Å². The molecule has 1 aliphatic rings. The Morgan fingerprint density at radius 2 is 2.00 bits per heavy atom. The van der Waals surface area contributed by atoms with Crippen LogP contribution in [-0.4, -0.2) is 32.3 Å². The number of rotatable bonds is 7. The summed E-state index contributed by atoms with van der Waals surface area (Å²) < 4.78 is 10.9. The third kappa shape index (κ3) is 5.20. The van der Waals surface area contributed by atoms with Crippen molar-refractivity contribution in [3.05, 3.63) is 35.9 Å². The number of hydrogen-bond acceptors (Lipinski definition) is 3. The molecule has 1 aromatic rings. The van der Waals surface area contributed by atoms with Crippen molar-refractivity contribution >= 4 is 5.96 Å². The lowest BCUT2D eigenvalue weighted by atomic mass is 10.2. The van der Waals surface area contributed by atoms with Crippen LogP contribution in [0.15, 0.2) is 35.3 Å². The zero-order valence-corrected chi connectivity index (χ0v) is 14.3. The topological polar surface area (TPSA) is 54.9 Å². The van der Waals surface area contributed by atoms with Gasteiger partial charge >= 0.3 is 0 Å². The molecule has 5 heteroatoms. The summed E-state index contributed by atoms with van der Waals surface area (Å²) >= 11 is 0. The lowest BCUT2D eigenvalue weighted by Gasteiger charge is -2.17. The predicted octanol–water partition coefficient (Wildman–Crippen LogP) is 2.87. The quantitative estimate of drug-likeness (QED) is 0.461. The molecule has 0 amide bonds. The van der Waals surface area contributed by atoms with Crippen molar-refractivity contribution in [3.8, 4) is 11.5 Å². The summed E-state index contributed by atoms with van der Waals surface area (Å²) in [5.41, 5.74) is 1.09. The highest BCUT2D eigenvalue weighted by Gasteiger charge is 2.11. The zero-order chi connectivity index (χ0) is 16.5. The van der Waals surface area contributed by atoms with Crippen LogP contribution in [0.5, 0.6) is 11.5 Å². The van der Waals surface area contributed by atoms with Crippen LogP contribution in [0.25, 0.3) is 0 Å². The fourth-order valence-electron chi connectivity index (χ4n) is 2.51. The standard InChI is InChI=1S/C18H27N3O2/c1-4-19-18(21-15-8-6-7-9-15)20-13-14-10-11-16(22-3)17(12-14)23-5-2/h6-7,10-12,15H,4-5,8-9,13H2,1-3H3,(H2,19,20,21). The van der Waals surface area contributed by atoms with Crippen LogP contribution in [0.4, 0.5) is 0 Å². The van der Waals surface area contributed by atoms with E-state index in [9.17, 15) is 0 Å². The highest BCUT2D eigenvalue weighted by Crippen LogP contribution is 2.28. The monoisotopic (exact) mass is 317 g/mol. The van der Waals surface area contributed by atoms with Gasteiger partial charge in [-0.15, -0.1) is 0 Å². The zero-order valence-electron chi connectivity index (χ0n) is 14.3. The number of methoxy groups -OCH3 is 1. The minimum atomic E-state index is 0.447. The lowest BCUT2D eigenvalue weighted by Crippen LogP contribution is -2.42. The van der Waals surface area contributed by atoms with E-state index >= 15 is 0 Å². The van der Waals surface area contributed by atoms with E-state index in [0.29, 0.717) is 19.2 Å². The normalized spacial score (nSPS) is 14.8. The van der Waals surface area contributed by atoms with E-state index in [-0.39, 0.29) is 0 Å². The molecule has 0 bridgehead atoms. The minimum absolute atomic E-state index is 0.447. The predicted molar refractivity (Wildman–Crippen MR) is 94.3 cm³/mol. The van der Waals surface area contributed by atoms with Gasteiger partial charge in [0.1, 0.15) is 0 Å². The summed E-state index contributed by atoms with van der Waals surface area (Å²) in [6.07, 6.45) is 6.53. The summed E-state index contributed by atoms with van der Waals surface area (Å²) in [6, 6.07) is 6.39. The SMILES string of the molecule is CCNC(=NCc1ccc(OC)c(OCC)c1)NC1CC=CC1. The van der Waals surface area contributed by atoms with E-state index in [2.05, 4.69) is 34.7 Å². The Hall–Kier alpha value is -2.17.